The van der Waals surface area contributed by atoms with Gasteiger partial charge in [-0.3, -0.25) is 24.0 Å². The smallest absolute Gasteiger partial charge is 0.370 e. The molecule has 2 aliphatic rings. The van der Waals surface area contributed by atoms with Crippen molar-refractivity contribution in [2.24, 2.45) is 32.9 Å². The van der Waals surface area contributed by atoms with Gasteiger partial charge >= 0.3 is 11.9 Å². The molecule has 0 bridgehead atoms. The lowest BCUT2D eigenvalue weighted by Crippen LogP contribution is -2.60. The second-order valence-electron chi connectivity index (χ2n) is 17.6. The van der Waals surface area contributed by atoms with E-state index in [0.717, 1.165) is 12.2 Å². The number of ketones is 1. The molecule has 0 aliphatic carbocycles. The number of nitrogens with one attached hydrogen (secondary N) is 3. The molecule has 2 aliphatic heterocycles. The zero-order chi connectivity index (χ0) is 58.9. The summed E-state index contributed by atoms with van der Waals surface area (Å²) in [7, 11) is 0. The van der Waals surface area contributed by atoms with Crippen molar-refractivity contribution in [3.8, 4) is 12.3 Å². The maximum absolute atomic E-state index is 13.5. The average Bonchev–Trinajstić information content (AvgIpc) is 3.44. The molecule has 10 atom stereocenters. The number of carboxylic acids is 2. The Balaban J connectivity index is 2.08. The first-order chi connectivity index (χ1) is 37.6. The third-order valence-electron chi connectivity index (χ3n) is 11.4. The van der Waals surface area contributed by atoms with Gasteiger partial charge in [0.25, 0.3) is 0 Å². The summed E-state index contributed by atoms with van der Waals surface area (Å²) in [5, 5.41) is 68.5. The van der Waals surface area contributed by atoms with Crippen molar-refractivity contribution in [1.29, 1.82) is 0 Å². The monoisotopic (exact) mass is 1130 g/mol. The number of carboxylic acid groups (broad SMARTS) is 2. The molecule has 0 radical (unpaired) electrons. The van der Waals surface area contributed by atoms with Gasteiger partial charge in [-0.1, -0.05) is 5.92 Å². The van der Waals surface area contributed by atoms with Gasteiger partial charge in [0, 0.05) is 59.4 Å². The molecule has 446 valence electrons. The van der Waals surface area contributed by atoms with Crippen LogP contribution in [-0.4, -0.2) is 249 Å². The summed E-state index contributed by atoms with van der Waals surface area (Å²) >= 11 is 0. The Bertz CT molecular complexity index is 2120. The molecule has 0 aromatic rings. The van der Waals surface area contributed by atoms with Crippen molar-refractivity contribution in [1.82, 2.24) is 20.9 Å². The Morgan fingerprint density at radius 1 is 0.658 bits per heavy atom. The second-order valence-corrected chi connectivity index (χ2v) is 17.6. The van der Waals surface area contributed by atoms with E-state index in [4.69, 9.17) is 67.3 Å². The summed E-state index contributed by atoms with van der Waals surface area (Å²) in [6.07, 6.45) is -2.21. The van der Waals surface area contributed by atoms with Crippen LogP contribution in [0.3, 0.4) is 0 Å². The number of aliphatic imine (C=N–C) groups is 2. The zero-order valence-electron chi connectivity index (χ0n) is 44.3. The molecule has 31 heteroatoms. The van der Waals surface area contributed by atoms with Crippen LogP contribution < -0.4 is 38.9 Å². The highest BCUT2D eigenvalue weighted by molar-refractivity contribution is 5.86. The van der Waals surface area contributed by atoms with Crippen LogP contribution in [0.15, 0.2) is 33.7 Å². The molecular weight excluding hydrogens is 1050 g/mol. The van der Waals surface area contributed by atoms with Crippen LogP contribution in [0, 0.1) is 12.3 Å². The molecule has 0 saturated carbocycles. The fourth-order valence-electron chi connectivity index (χ4n) is 7.90. The first-order valence-corrected chi connectivity index (χ1v) is 25.2. The van der Waals surface area contributed by atoms with Crippen molar-refractivity contribution in [3.05, 3.63) is 23.7 Å². The number of hydrogen-bond acceptors (Lipinski definition) is 21. The van der Waals surface area contributed by atoms with E-state index < -0.39 is 127 Å². The Hall–Kier alpha value is -6.73. The van der Waals surface area contributed by atoms with Crippen LogP contribution in [-0.2, 0) is 71.5 Å². The van der Waals surface area contributed by atoms with Gasteiger partial charge in [0.15, 0.2) is 24.1 Å². The summed E-state index contributed by atoms with van der Waals surface area (Å²) in [6.45, 7) is 1.72. The molecule has 4 amide bonds. The molecule has 0 aromatic heterocycles. The highest BCUT2D eigenvalue weighted by Gasteiger charge is 2.46. The van der Waals surface area contributed by atoms with Crippen molar-refractivity contribution < 1.29 is 102 Å². The lowest BCUT2D eigenvalue weighted by molar-refractivity contribution is -0.154. The third-order valence-corrected chi connectivity index (χ3v) is 11.4. The molecule has 2 rings (SSSR count). The van der Waals surface area contributed by atoms with Crippen molar-refractivity contribution in [2.45, 2.75) is 113 Å². The number of terminal acetylenes is 1. The quantitative estimate of drug-likeness (QED) is 0.0117. The van der Waals surface area contributed by atoms with Crippen molar-refractivity contribution in [2.75, 3.05) is 98.9 Å². The maximum atomic E-state index is 13.5. The summed E-state index contributed by atoms with van der Waals surface area (Å²) in [5.74, 6) is -5.19. The predicted octanol–water partition coefficient (Wildman–Crippen LogP) is -5.95. The van der Waals surface area contributed by atoms with E-state index in [1.165, 1.54) is 18.7 Å². The summed E-state index contributed by atoms with van der Waals surface area (Å²) in [6, 6.07) is -4.74. The Morgan fingerprint density at radius 2 is 1.13 bits per heavy atom. The molecule has 0 aromatic carbocycles. The number of nitrogens with zero attached hydrogens (tertiary/aromatic N) is 3. The topological polar surface area (TPSA) is 483 Å². The number of aliphatic hydroxyl groups is 4. The fraction of sp³-hybridized carbons (Fsp3) is 0.688. The number of carbonyl (C=O) groups is 7. The summed E-state index contributed by atoms with van der Waals surface area (Å²) in [4.78, 5) is 97.4. The van der Waals surface area contributed by atoms with E-state index in [1.807, 2.05) is 0 Å². The van der Waals surface area contributed by atoms with Gasteiger partial charge in [-0.05, 0) is 25.0 Å². The number of ether oxygens (including phenoxy) is 8. The van der Waals surface area contributed by atoms with Crippen LogP contribution in [0.5, 0.6) is 0 Å². The number of aliphatic carboxylic acids is 2. The molecule has 0 saturated heterocycles. The second kappa shape index (κ2) is 38.0. The third kappa shape index (κ3) is 26.7. The normalized spacial score (nSPS) is 20.2. The van der Waals surface area contributed by atoms with E-state index in [2.05, 4.69) is 31.9 Å². The molecule has 17 N–H and O–H groups in total. The van der Waals surface area contributed by atoms with Gasteiger partial charge in [-0.15, -0.1) is 6.42 Å². The Morgan fingerprint density at radius 3 is 1.57 bits per heavy atom. The minimum Gasteiger partial charge on any atom is -0.478 e. The maximum Gasteiger partial charge on any atom is 0.370 e. The minimum atomic E-state index is -1.68. The number of rotatable bonds is 41. The van der Waals surface area contributed by atoms with Crippen LogP contribution >= 0.6 is 0 Å². The van der Waals surface area contributed by atoms with E-state index >= 15 is 0 Å². The molecular formula is C48H78N10O21. The number of hydrogen-bond donors (Lipinski definition) is 13. The molecule has 79 heavy (non-hydrogen) atoms. The Kier molecular flexibility index (Phi) is 32.9. The Labute approximate surface area is 456 Å². The number of aliphatic hydroxyl groups excluding tert-OH is 4. The number of amides is 4. The van der Waals surface area contributed by atoms with Gasteiger partial charge in [0.05, 0.1) is 96.7 Å². The SMILES string of the molecule is C#CCOCCOCCOCCOCCC(=O)N(CCCC(=O)NCCO[C@@H]([C@@H]1OC(C(=O)O)=C[C@H](N=C(N)N)[C@H]1NC(C)=O)[C@H](O)CO)CCC(=O)CCCO[C@@H]([C@@H]1OC(C(=O)O)=C[C@H](N=C(N)N)[C@H]1NC(C)=O)[C@H](O)CO. The van der Waals surface area contributed by atoms with Crippen molar-refractivity contribution in [3.63, 3.8) is 0 Å². The molecule has 0 unspecified atom stereocenters. The van der Waals surface area contributed by atoms with E-state index in [1.54, 1.807) is 0 Å². The lowest BCUT2D eigenvalue weighted by Gasteiger charge is -2.40. The van der Waals surface area contributed by atoms with Crippen LogP contribution in [0.25, 0.3) is 0 Å². The van der Waals surface area contributed by atoms with Crippen LogP contribution in [0.1, 0.15) is 52.4 Å². The van der Waals surface area contributed by atoms with E-state index in [-0.39, 0.29) is 116 Å². The highest BCUT2D eigenvalue weighted by Crippen LogP contribution is 2.28. The standard InChI is InChI=1S/C48H78N10O21/c1-4-14-72-18-20-74-22-23-75-21-19-73-16-10-38(67)58(13-9-30(63)7-6-15-76-41(33(64)26-59)43-39(54-28(2)61)31(56-47(49)50)24-35(78-43)45(68)69)12-5-8-37(66)53-11-17-77-42(34(65)27-60)44-40(55-29(3)62)32(57-48(51)52)25-36(79-44)46(70)71/h1,24-25,31-34,39-44,59-60,64-65H,5-23,26-27H2,2-3H3,(H,53,66)(H,54,61)(H,55,62)(H,68,69)(H,70,71)(H4,49,50,56)(H4,51,52,57)/t31-,32-,33+,34+,39+,40+,41+,42+,43+,44+/m0/s1. The highest BCUT2D eigenvalue weighted by atomic mass is 16.6. The van der Waals surface area contributed by atoms with E-state index in [9.17, 15) is 64.2 Å². The summed E-state index contributed by atoms with van der Waals surface area (Å²) in [5.41, 5.74) is 22.2. The molecule has 0 spiro atoms. The molecule has 0 fully saturated rings. The number of guanidine groups is 2. The number of carbonyl (C=O) groups excluding carboxylic acids is 5. The number of nitrogens with two attached hydrogens (primary N) is 4. The predicted molar refractivity (Wildman–Crippen MR) is 276 cm³/mol. The van der Waals surface area contributed by atoms with Gasteiger partial charge < -0.3 is 112 Å². The first-order valence-electron chi connectivity index (χ1n) is 25.2. The lowest BCUT2D eigenvalue weighted by atomic mass is 9.92. The van der Waals surface area contributed by atoms with Gasteiger partial charge in [-0.25, -0.2) is 19.6 Å². The van der Waals surface area contributed by atoms with Gasteiger partial charge in [0.1, 0.15) is 36.8 Å². The van der Waals surface area contributed by atoms with Gasteiger partial charge in [0.2, 0.25) is 35.1 Å². The molecule has 2 heterocycles. The zero-order valence-corrected chi connectivity index (χ0v) is 44.3. The average molecular weight is 1130 g/mol. The van der Waals surface area contributed by atoms with Crippen LogP contribution in [0.4, 0.5) is 0 Å². The van der Waals surface area contributed by atoms with Crippen molar-refractivity contribution >= 4 is 53.3 Å². The fourth-order valence-corrected chi connectivity index (χ4v) is 7.90. The van der Waals surface area contributed by atoms with Crippen LogP contribution in [0.2, 0.25) is 0 Å². The first kappa shape index (κ1) is 68.4. The minimum absolute atomic E-state index is 0.00454. The van der Waals surface area contributed by atoms with E-state index in [0.29, 0.717) is 19.8 Å². The molecule has 31 nitrogen and oxygen atoms in total. The number of Topliss-reactive ketones (excluding diaryl/α,β-unsaturated/α-hetero) is 1. The van der Waals surface area contributed by atoms with Gasteiger partial charge in [-0.2, -0.15) is 0 Å². The summed E-state index contributed by atoms with van der Waals surface area (Å²) < 4.78 is 44.5. The largest absolute Gasteiger partial charge is 0.478 e.